The number of nitrogens with zero attached hydrogens (tertiary/aromatic N) is 1. The third-order valence-corrected chi connectivity index (χ3v) is 3.60. The van der Waals surface area contributed by atoms with E-state index in [1.807, 2.05) is 32.0 Å². The number of anilines is 1. The van der Waals surface area contributed by atoms with Gasteiger partial charge in [-0.25, -0.2) is 9.78 Å². The summed E-state index contributed by atoms with van der Waals surface area (Å²) in [7, 11) is 1.29. The van der Waals surface area contributed by atoms with E-state index in [0.29, 0.717) is 15.8 Å². The lowest BCUT2D eigenvalue weighted by Gasteiger charge is -2.07. The number of hydrogen-bond acceptors (Lipinski definition) is 6. The lowest BCUT2D eigenvalue weighted by molar-refractivity contribution is -0.118. The maximum atomic E-state index is 11.8. The third-order valence-electron chi connectivity index (χ3n) is 2.70. The zero-order valence-electron chi connectivity index (χ0n) is 12.5. The van der Waals surface area contributed by atoms with E-state index in [1.54, 1.807) is 0 Å². The van der Waals surface area contributed by atoms with Crippen molar-refractivity contribution < 1.29 is 19.1 Å². The SMILES string of the molecule is COC(=O)c1cnc(NC(=O)COc2cc(C)cc(C)c2)s1. The molecule has 0 saturated carbocycles. The van der Waals surface area contributed by atoms with Crippen LogP contribution in [0.15, 0.2) is 24.4 Å². The van der Waals surface area contributed by atoms with Crippen LogP contribution in [-0.4, -0.2) is 30.6 Å². The number of methoxy groups -OCH3 is 1. The summed E-state index contributed by atoms with van der Waals surface area (Å²) in [5.74, 6) is -0.184. The molecule has 0 aliphatic rings. The van der Waals surface area contributed by atoms with E-state index >= 15 is 0 Å². The summed E-state index contributed by atoms with van der Waals surface area (Å²) in [4.78, 5) is 27.4. The van der Waals surface area contributed by atoms with Gasteiger partial charge in [0.1, 0.15) is 10.6 Å². The summed E-state index contributed by atoms with van der Waals surface area (Å²) < 4.78 is 10.0. The van der Waals surface area contributed by atoms with Gasteiger partial charge in [0, 0.05) is 0 Å². The van der Waals surface area contributed by atoms with E-state index in [0.717, 1.165) is 22.5 Å². The van der Waals surface area contributed by atoms with Crippen LogP contribution >= 0.6 is 11.3 Å². The predicted molar refractivity (Wildman–Crippen MR) is 83.5 cm³/mol. The topological polar surface area (TPSA) is 77.5 Å². The van der Waals surface area contributed by atoms with Gasteiger partial charge in [-0.05, 0) is 37.1 Å². The molecule has 2 rings (SSSR count). The molecule has 0 spiro atoms. The Morgan fingerprint density at radius 1 is 1.23 bits per heavy atom. The van der Waals surface area contributed by atoms with Gasteiger partial charge in [-0.1, -0.05) is 17.4 Å². The van der Waals surface area contributed by atoms with Crippen molar-refractivity contribution >= 4 is 28.3 Å². The number of benzene rings is 1. The van der Waals surface area contributed by atoms with Crippen LogP contribution in [0.5, 0.6) is 5.75 Å². The molecule has 6 nitrogen and oxygen atoms in total. The maximum Gasteiger partial charge on any atom is 0.349 e. The smallest absolute Gasteiger partial charge is 0.349 e. The Morgan fingerprint density at radius 2 is 1.91 bits per heavy atom. The molecular weight excluding hydrogens is 304 g/mol. The lowest BCUT2D eigenvalue weighted by Crippen LogP contribution is -2.20. The van der Waals surface area contributed by atoms with E-state index in [1.165, 1.54) is 13.3 Å². The summed E-state index contributed by atoms with van der Waals surface area (Å²) in [5, 5.41) is 2.90. The van der Waals surface area contributed by atoms with Gasteiger partial charge in [-0.3, -0.25) is 10.1 Å². The number of ether oxygens (including phenoxy) is 2. The van der Waals surface area contributed by atoms with E-state index in [2.05, 4.69) is 15.0 Å². The van der Waals surface area contributed by atoms with Crippen LogP contribution < -0.4 is 10.1 Å². The molecule has 0 saturated heterocycles. The molecule has 1 heterocycles. The van der Waals surface area contributed by atoms with Gasteiger partial charge in [-0.15, -0.1) is 0 Å². The Kier molecular flexibility index (Phi) is 5.11. The molecule has 0 fully saturated rings. The largest absolute Gasteiger partial charge is 0.484 e. The number of nitrogens with one attached hydrogen (secondary N) is 1. The van der Waals surface area contributed by atoms with Gasteiger partial charge in [-0.2, -0.15) is 0 Å². The molecule has 1 aromatic carbocycles. The standard InChI is InChI=1S/C15H16N2O4S/c1-9-4-10(2)6-11(5-9)21-8-13(18)17-15-16-7-12(22-15)14(19)20-3/h4-7H,8H2,1-3H3,(H,16,17,18). The Hall–Kier alpha value is -2.41. The summed E-state index contributed by atoms with van der Waals surface area (Å²) in [6.07, 6.45) is 1.36. The highest BCUT2D eigenvalue weighted by Crippen LogP contribution is 2.19. The highest BCUT2D eigenvalue weighted by Gasteiger charge is 2.12. The first-order valence-electron chi connectivity index (χ1n) is 6.53. The molecular formula is C15H16N2O4S. The first-order valence-corrected chi connectivity index (χ1v) is 7.34. The zero-order valence-corrected chi connectivity index (χ0v) is 13.3. The molecule has 0 radical (unpaired) electrons. The molecule has 0 bridgehead atoms. The van der Waals surface area contributed by atoms with Crippen LogP contribution in [0.1, 0.15) is 20.8 Å². The lowest BCUT2D eigenvalue weighted by atomic mass is 10.1. The monoisotopic (exact) mass is 320 g/mol. The second-order valence-electron chi connectivity index (χ2n) is 4.68. The van der Waals surface area contributed by atoms with Crippen molar-refractivity contribution in [1.82, 2.24) is 4.98 Å². The number of hydrogen-bond donors (Lipinski definition) is 1. The van der Waals surface area contributed by atoms with Crippen molar-refractivity contribution in [2.75, 3.05) is 19.0 Å². The summed E-state index contributed by atoms with van der Waals surface area (Å²) >= 11 is 1.05. The minimum Gasteiger partial charge on any atom is -0.484 e. The summed E-state index contributed by atoms with van der Waals surface area (Å²) in [6, 6.07) is 5.74. The number of aryl methyl sites for hydroxylation is 2. The van der Waals surface area contributed by atoms with Crippen LogP contribution in [0, 0.1) is 13.8 Å². The van der Waals surface area contributed by atoms with Crippen molar-refractivity contribution in [3.05, 3.63) is 40.4 Å². The first-order chi connectivity index (χ1) is 10.5. The number of aromatic nitrogens is 1. The van der Waals surface area contributed by atoms with Crippen molar-refractivity contribution in [2.24, 2.45) is 0 Å². The molecule has 22 heavy (non-hydrogen) atoms. The molecule has 1 N–H and O–H groups in total. The minimum atomic E-state index is -0.482. The number of amides is 1. The fraction of sp³-hybridized carbons (Fsp3) is 0.267. The Morgan fingerprint density at radius 3 is 2.55 bits per heavy atom. The number of carbonyl (C=O) groups excluding carboxylic acids is 2. The Balaban J connectivity index is 1.90. The molecule has 0 aliphatic carbocycles. The van der Waals surface area contributed by atoms with Gasteiger partial charge >= 0.3 is 5.97 Å². The van der Waals surface area contributed by atoms with Gasteiger partial charge in [0.25, 0.3) is 5.91 Å². The van der Waals surface area contributed by atoms with E-state index < -0.39 is 5.97 Å². The van der Waals surface area contributed by atoms with Crippen molar-refractivity contribution in [3.8, 4) is 5.75 Å². The molecule has 0 unspecified atom stereocenters. The quantitative estimate of drug-likeness (QED) is 0.857. The van der Waals surface area contributed by atoms with Crippen LogP contribution in [0.4, 0.5) is 5.13 Å². The normalized spacial score (nSPS) is 10.1. The van der Waals surface area contributed by atoms with Gasteiger partial charge in [0.15, 0.2) is 11.7 Å². The average Bonchev–Trinajstić information content (AvgIpc) is 2.92. The second-order valence-corrected chi connectivity index (χ2v) is 5.71. The van der Waals surface area contributed by atoms with Crippen LogP contribution in [-0.2, 0) is 9.53 Å². The highest BCUT2D eigenvalue weighted by atomic mass is 32.1. The van der Waals surface area contributed by atoms with Crippen molar-refractivity contribution in [2.45, 2.75) is 13.8 Å². The minimum absolute atomic E-state index is 0.129. The Labute approximate surface area is 132 Å². The number of rotatable bonds is 5. The summed E-state index contributed by atoms with van der Waals surface area (Å²) in [5.41, 5.74) is 2.14. The average molecular weight is 320 g/mol. The predicted octanol–water partition coefficient (Wildman–Crippen LogP) is 2.56. The zero-order chi connectivity index (χ0) is 16.1. The molecule has 1 aromatic heterocycles. The van der Waals surface area contributed by atoms with Gasteiger partial charge in [0.2, 0.25) is 0 Å². The summed E-state index contributed by atoms with van der Waals surface area (Å²) in [6.45, 7) is 3.80. The number of esters is 1. The molecule has 116 valence electrons. The third kappa shape index (κ3) is 4.29. The maximum absolute atomic E-state index is 11.8. The van der Waals surface area contributed by atoms with Crippen molar-refractivity contribution in [3.63, 3.8) is 0 Å². The Bertz CT molecular complexity index is 676. The second kappa shape index (κ2) is 7.04. The number of thiazole rings is 1. The fourth-order valence-electron chi connectivity index (χ4n) is 1.85. The van der Waals surface area contributed by atoms with Crippen LogP contribution in [0.25, 0.3) is 0 Å². The molecule has 0 atom stereocenters. The van der Waals surface area contributed by atoms with Gasteiger partial charge < -0.3 is 9.47 Å². The fourth-order valence-corrected chi connectivity index (χ4v) is 2.60. The van der Waals surface area contributed by atoms with E-state index in [4.69, 9.17) is 4.74 Å². The van der Waals surface area contributed by atoms with Crippen LogP contribution in [0.2, 0.25) is 0 Å². The molecule has 0 aliphatic heterocycles. The van der Waals surface area contributed by atoms with E-state index in [9.17, 15) is 9.59 Å². The van der Waals surface area contributed by atoms with Gasteiger partial charge in [0.05, 0.1) is 13.3 Å². The van der Waals surface area contributed by atoms with Crippen molar-refractivity contribution in [1.29, 1.82) is 0 Å². The highest BCUT2D eigenvalue weighted by molar-refractivity contribution is 7.17. The molecule has 7 heteroatoms. The first kappa shape index (κ1) is 16.0. The number of carbonyl (C=O) groups is 2. The van der Waals surface area contributed by atoms with E-state index in [-0.39, 0.29) is 12.5 Å². The van der Waals surface area contributed by atoms with Crippen LogP contribution in [0.3, 0.4) is 0 Å². The molecule has 1 amide bonds. The molecule has 2 aromatic rings.